The number of fused-ring (bicyclic) bond motifs is 1. The van der Waals surface area contributed by atoms with Gasteiger partial charge in [0.05, 0.1) is 13.2 Å². The molecule has 20 heavy (non-hydrogen) atoms. The topological polar surface area (TPSA) is 38.3 Å². The molecule has 1 fully saturated rings. The molecule has 3 rings (SSSR count). The standard InChI is InChI=1S/C15H17F2NO2/c16-15(17)5-1-2-13(15)7-18-14(19)10-3-4-11-8-20-9-12(11)6-10/h3-4,6,13H,1-2,5,7-9H2,(H,18,19)/t13-/m1/s1. The summed E-state index contributed by atoms with van der Waals surface area (Å²) in [4.78, 5) is 12.0. The minimum Gasteiger partial charge on any atom is -0.372 e. The van der Waals surface area contributed by atoms with Crippen LogP contribution in [0.5, 0.6) is 0 Å². The number of carbonyl (C=O) groups excluding carboxylic acids is 1. The van der Waals surface area contributed by atoms with Crippen molar-refractivity contribution in [1.29, 1.82) is 0 Å². The van der Waals surface area contributed by atoms with Gasteiger partial charge in [0.15, 0.2) is 0 Å². The third kappa shape index (κ3) is 2.54. The van der Waals surface area contributed by atoms with Crippen LogP contribution in [0.15, 0.2) is 18.2 Å². The second kappa shape index (κ2) is 5.13. The predicted octanol–water partition coefficient (Wildman–Crippen LogP) is 2.88. The maximum Gasteiger partial charge on any atom is 0.252 e. The van der Waals surface area contributed by atoms with Crippen LogP contribution >= 0.6 is 0 Å². The largest absolute Gasteiger partial charge is 0.372 e. The zero-order valence-electron chi connectivity index (χ0n) is 11.1. The highest BCUT2D eigenvalue weighted by Crippen LogP contribution is 2.39. The van der Waals surface area contributed by atoms with E-state index in [2.05, 4.69) is 5.32 Å². The summed E-state index contributed by atoms with van der Waals surface area (Å²) >= 11 is 0. The molecule has 1 amide bonds. The lowest BCUT2D eigenvalue weighted by molar-refractivity contribution is -0.0352. The molecule has 0 unspecified atom stereocenters. The van der Waals surface area contributed by atoms with Gasteiger partial charge in [-0.05, 0) is 36.1 Å². The Morgan fingerprint density at radius 2 is 2.15 bits per heavy atom. The summed E-state index contributed by atoms with van der Waals surface area (Å²) in [6.07, 6.45) is 0.943. The van der Waals surface area contributed by atoms with E-state index in [0.717, 1.165) is 11.1 Å². The number of halogens is 2. The second-order valence-electron chi connectivity index (χ2n) is 5.54. The first kappa shape index (κ1) is 13.5. The van der Waals surface area contributed by atoms with Crippen molar-refractivity contribution in [3.63, 3.8) is 0 Å². The Morgan fingerprint density at radius 1 is 1.35 bits per heavy atom. The number of nitrogens with one attached hydrogen (secondary N) is 1. The first-order valence-electron chi connectivity index (χ1n) is 6.92. The summed E-state index contributed by atoms with van der Waals surface area (Å²) in [6.45, 7) is 1.13. The van der Waals surface area contributed by atoms with E-state index in [-0.39, 0.29) is 18.9 Å². The molecule has 1 aromatic carbocycles. The van der Waals surface area contributed by atoms with Gasteiger partial charge in [0.1, 0.15) is 0 Å². The van der Waals surface area contributed by atoms with Gasteiger partial charge in [-0.3, -0.25) is 4.79 Å². The zero-order valence-corrected chi connectivity index (χ0v) is 11.1. The number of rotatable bonds is 3. The Bertz CT molecular complexity index is 531. The van der Waals surface area contributed by atoms with E-state index in [1.165, 1.54) is 0 Å². The molecule has 1 aromatic rings. The molecule has 3 nitrogen and oxygen atoms in total. The lowest BCUT2D eigenvalue weighted by Crippen LogP contribution is -2.35. The van der Waals surface area contributed by atoms with Gasteiger partial charge in [0.2, 0.25) is 0 Å². The molecule has 5 heteroatoms. The highest BCUT2D eigenvalue weighted by Gasteiger charge is 2.43. The van der Waals surface area contributed by atoms with E-state index < -0.39 is 11.8 Å². The van der Waals surface area contributed by atoms with Crippen LogP contribution in [0.25, 0.3) is 0 Å². The maximum atomic E-state index is 13.5. The van der Waals surface area contributed by atoms with Crippen LogP contribution in [0.2, 0.25) is 0 Å². The van der Waals surface area contributed by atoms with Crippen molar-refractivity contribution in [3.05, 3.63) is 34.9 Å². The third-order valence-corrected chi connectivity index (χ3v) is 4.15. The summed E-state index contributed by atoms with van der Waals surface area (Å²) < 4.78 is 32.2. The van der Waals surface area contributed by atoms with Crippen molar-refractivity contribution in [2.24, 2.45) is 5.92 Å². The smallest absolute Gasteiger partial charge is 0.252 e. The molecule has 1 aliphatic heterocycles. The molecule has 1 heterocycles. The van der Waals surface area contributed by atoms with E-state index in [4.69, 9.17) is 4.74 Å². The molecule has 0 bridgehead atoms. The Kier molecular flexibility index (Phi) is 3.46. The summed E-state index contributed by atoms with van der Waals surface area (Å²) in [5.74, 6) is -3.66. The van der Waals surface area contributed by atoms with E-state index in [1.54, 1.807) is 12.1 Å². The lowest BCUT2D eigenvalue weighted by atomic mass is 10.0. The van der Waals surface area contributed by atoms with Gasteiger partial charge in [-0.15, -0.1) is 0 Å². The van der Waals surface area contributed by atoms with Crippen LogP contribution < -0.4 is 5.32 Å². The van der Waals surface area contributed by atoms with E-state index in [1.807, 2.05) is 6.07 Å². The molecule has 1 atom stereocenters. The Balaban J connectivity index is 1.62. The van der Waals surface area contributed by atoms with Crippen molar-refractivity contribution < 1.29 is 18.3 Å². The van der Waals surface area contributed by atoms with Crippen LogP contribution in [0, 0.1) is 5.92 Å². The average molecular weight is 281 g/mol. The van der Waals surface area contributed by atoms with Crippen LogP contribution in [-0.4, -0.2) is 18.4 Å². The molecule has 108 valence electrons. The number of hydrogen-bond donors (Lipinski definition) is 1. The van der Waals surface area contributed by atoms with Crippen LogP contribution in [0.1, 0.15) is 40.7 Å². The minimum absolute atomic E-state index is 0.0411. The highest BCUT2D eigenvalue weighted by molar-refractivity contribution is 5.94. The highest BCUT2D eigenvalue weighted by atomic mass is 19.3. The number of carbonyl (C=O) groups is 1. The first-order chi connectivity index (χ1) is 9.56. The average Bonchev–Trinajstić information content (AvgIpc) is 3.01. The fourth-order valence-corrected chi connectivity index (χ4v) is 2.88. The summed E-state index contributed by atoms with van der Waals surface area (Å²) in [6, 6.07) is 5.36. The van der Waals surface area contributed by atoms with Crippen LogP contribution in [0.3, 0.4) is 0 Å². The number of hydrogen-bond acceptors (Lipinski definition) is 2. The van der Waals surface area contributed by atoms with Gasteiger partial charge < -0.3 is 10.1 Å². The maximum absolute atomic E-state index is 13.5. The van der Waals surface area contributed by atoms with Crippen molar-refractivity contribution in [2.75, 3.05) is 6.54 Å². The Labute approximate surface area is 116 Å². The lowest BCUT2D eigenvalue weighted by Gasteiger charge is -2.19. The molecule has 0 radical (unpaired) electrons. The zero-order chi connectivity index (χ0) is 14.2. The number of ether oxygens (including phenoxy) is 1. The number of amides is 1. The quantitative estimate of drug-likeness (QED) is 0.925. The number of alkyl halides is 2. The van der Waals surface area contributed by atoms with Gasteiger partial charge in [0, 0.05) is 24.4 Å². The van der Waals surface area contributed by atoms with E-state index in [0.29, 0.717) is 31.6 Å². The fourth-order valence-electron chi connectivity index (χ4n) is 2.88. The molecule has 1 aliphatic carbocycles. The predicted molar refractivity (Wildman–Crippen MR) is 69.6 cm³/mol. The second-order valence-corrected chi connectivity index (χ2v) is 5.54. The van der Waals surface area contributed by atoms with Gasteiger partial charge in [0.25, 0.3) is 11.8 Å². The van der Waals surface area contributed by atoms with E-state index >= 15 is 0 Å². The molecule has 0 aromatic heterocycles. The summed E-state index contributed by atoms with van der Waals surface area (Å²) in [5.41, 5.74) is 2.60. The van der Waals surface area contributed by atoms with E-state index in [9.17, 15) is 13.6 Å². The van der Waals surface area contributed by atoms with Gasteiger partial charge in [-0.1, -0.05) is 6.07 Å². The van der Waals surface area contributed by atoms with Gasteiger partial charge >= 0.3 is 0 Å². The van der Waals surface area contributed by atoms with Gasteiger partial charge in [-0.2, -0.15) is 0 Å². The SMILES string of the molecule is O=C(NC[C@H]1CCCC1(F)F)c1ccc2c(c1)COC2. The van der Waals surface area contributed by atoms with Gasteiger partial charge in [-0.25, -0.2) is 8.78 Å². The minimum atomic E-state index is -2.64. The van der Waals surface area contributed by atoms with Crippen LogP contribution in [0.4, 0.5) is 8.78 Å². The van der Waals surface area contributed by atoms with Crippen molar-refractivity contribution in [1.82, 2.24) is 5.32 Å². The molecule has 2 aliphatic rings. The monoisotopic (exact) mass is 281 g/mol. The summed E-state index contributed by atoms with van der Waals surface area (Å²) in [7, 11) is 0. The summed E-state index contributed by atoms with van der Waals surface area (Å²) in [5, 5.41) is 2.63. The normalized spacial score (nSPS) is 23.6. The molecule has 1 N–H and O–H groups in total. The fraction of sp³-hybridized carbons (Fsp3) is 0.533. The molecule has 0 saturated heterocycles. The Morgan fingerprint density at radius 3 is 2.90 bits per heavy atom. The Hall–Kier alpha value is -1.49. The first-order valence-corrected chi connectivity index (χ1v) is 6.92. The molecular weight excluding hydrogens is 264 g/mol. The van der Waals surface area contributed by atoms with Crippen LogP contribution in [-0.2, 0) is 18.0 Å². The number of benzene rings is 1. The van der Waals surface area contributed by atoms with Crippen molar-refractivity contribution in [3.8, 4) is 0 Å². The molecular formula is C15H17F2NO2. The van der Waals surface area contributed by atoms with Crippen molar-refractivity contribution >= 4 is 5.91 Å². The molecule has 0 spiro atoms. The van der Waals surface area contributed by atoms with Crippen molar-refractivity contribution in [2.45, 2.75) is 38.4 Å². The molecule has 1 saturated carbocycles. The third-order valence-electron chi connectivity index (χ3n) is 4.15.